The first kappa shape index (κ1) is 29.8. The maximum atomic E-state index is 13.7. The average molecular weight is 589 g/mol. The van der Waals surface area contributed by atoms with E-state index in [0.717, 1.165) is 30.2 Å². The molecule has 2 aliphatic rings. The molecule has 226 valence electrons. The number of methoxy groups -OCH3 is 1. The number of carbonyl (C=O) groups is 2. The van der Waals surface area contributed by atoms with Crippen molar-refractivity contribution >= 4 is 40.2 Å². The molecule has 0 saturated carbocycles. The molecule has 0 radical (unpaired) electrons. The number of carbonyl (C=O) groups excluding carboxylic acids is 1. The summed E-state index contributed by atoms with van der Waals surface area (Å²) in [7, 11) is 1.57. The Morgan fingerprint density at radius 3 is 2.74 bits per heavy atom. The van der Waals surface area contributed by atoms with Crippen LogP contribution in [0, 0.1) is 11.3 Å². The number of piperazine rings is 1. The number of carboxylic acid groups (broad SMARTS) is 1. The molecule has 1 aromatic heterocycles. The minimum absolute atomic E-state index is 0.0393. The van der Waals surface area contributed by atoms with E-state index in [1.54, 1.807) is 19.2 Å². The fraction of sp³-hybridized carbons (Fsp3) is 0.433. The van der Waals surface area contributed by atoms with E-state index in [0.29, 0.717) is 36.9 Å². The number of β-amino-alcohol motifs (C(OH)–C–C–N with tert-alkyl or cyclic N) is 1. The first-order valence-corrected chi connectivity index (χ1v) is 14.4. The van der Waals surface area contributed by atoms with E-state index in [2.05, 4.69) is 26.6 Å². The Bertz CT molecular complexity index is 1510. The van der Waals surface area contributed by atoms with Gasteiger partial charge in [-0.3, -0.25) is 9.69 Å². The van der Waals surface area contributed by atoms with Crippen LogP contribution in [0.2, 0.25) is 0 Å². The summed E-state index contributed by atoms with van der Waals surface area (Å²) in [5, 5.41) is 36.4. The number of likely N-dealkylation sites (tertiary alicyclic amines) is 1. The lowest BCUT2D eigenvalue weighted by molar-refractivity contribution is 0.102. The number of aliphatic hydroxyl groups is 1. The monoisotopic (exact) mass is 588 g/mol. The lowest BCUT2D eigenvalue weighted by Crippen LogP contribution is -2.55. The SMILES string of the molecule is COc1cc(NC(=O)c2cc(N3CCN(C(=O)O)[C@@H](CC#N)C3)nc(NC[C@@H]3CCCN3CCO)n2)c2ccccc2c1. The molecule has 2 aliphatic heterocycles. The number of anilines is 3. The Labute approximate surface area is 249 Å². The second-order valence-corrected chi connectivity index (χ2v) is 10.7. The molecule has 0 aliphatic carbocycles. The number of amides is 2. The van der Waals surface area contributed by atoms with Crippen molar-refractivity contribution in [2.45, 2.75) is 31.3 Å². The third kappa shape index (κ3) is 6.87. The number of nitriles is 1. The Balaban J connectivity index is 1.44. The van der Waals surface area contributed by atoms with Crippen molar-refractivity contribution in [2.75, 3.05) is 68.5 Å². The standard InChI is InChI=1S/C30H36N8O5/c1-43-23-15-20-5-2-3-7-24(20)25(16-23)33-28(40)26-17-27(37-11-12-38(30(41)42)22(19-37)8-9-31)35-29(34-26)32-18-21-6-4-10-36(21)13-14-39/h2-3,5,7,15-17,21-22,39H,4,6,8,10-14,18-19H2,1H3,(H,33,40)(H,41,42)(H,32,34,35)/t21-,22-/m0/s1. The van der Waals surface area contributed by atoms with Crippen LogP contribution in [0.25, 0.3) is 10.8 Å². The van der Waals surface area contributed by atoms with Crippen LogP contribution in [-0.2, 0) is 0 Å². The summed E-state index contributed by atoms with van der Waals surface area (Å²) in [6.45, 7) is 2.91. The molecule has 13 heteroatoms. The number of nitrogens with zero attached hydrogens (tertiary/aromatic N) is 6. The number of rotatable bonds is 10. The maximum Gasteiger partial charge on any atom is 0.407 e. The van der Waals surface area contributed by atoms with Gasteiger partial charge in [-0.25, -0.2) is 9.78 Å². The first-order valence-electron chi connectivity index (χ1n) is 14.4. The molecule has 13 nitrogen and oxygen atoms in total. The van der Waals surface area contributed by atoms with Gasteiger partial charge in [0.05, 0.1) is 37.9 Å². The third-order valence-electron chi connectivity index (χ3n) is 8.03. The van der Waals surface area contributed by atoms with Crippen LogP contribution < -0.4 is 20.3 Å². The maximum absolute atomic E-state index is 13.7. The van der Waals surface area contributed by atoms with Crippen molar-refractivity contribution in [3.8, 4) is 11.8 Å². The van der Waals surface area contributed by atoms with Crippen molar-refractivity contribution in [3.05, 3.63) is 48.2 Å². The predicted molar refractivity (Wildman–Crippen MR) is 162 cm³/mol. The fourth-order valence-corrected chi connectivity index (χ4v) is 5.84. The number of fused-ring (bicyclic) bond motifs is 1. The number of hydrogen-bond donors (Lipinski definition) is 4. The van der Waals surface area contributed by atoms with Gasteiger partial charge in [0.25, 0.3) is 5.91 Å². The lowest BCUT2D eigenvalue weighted by atomic mass is 10.1. The molecule has 3 aromatic rings. The van der Waals surface area contributed by atoms with Gasteiger partial charge in [-0.1, -0.05) is 24.3 Å². The molecular weight excluding hydrogens is 552 g/mol. The van der Waals surface area contributed by atoms with E-state index in [-0.39, 0.29) is 43.8 Å². The molecule has 2 fully saturated rings. The van der Waals surface area contributed by atoms with Gasteiger partial charge in [-0.15, -0.1) is 0 Å². The molecule has 4 N–H and O–H groups in total. The molecule has 2 saturated heterocycles. The Hall–Kier alpha value is -4.67. The van der Waals surface area contributed by atoms with Gasteiger partial charge < -0.3 is 35.4 Å². The van der Waals surface area contributed by atoms with Crippen molar-refractivity contribution in [3.63, 3.8) is 0 Å². The van der Waals surface area contributed by atoms with E-state index < -0.39 is 18.0 Å². The largest absolute Gasteiger partial charge is 0.497 e. The summed E-state index contributed by atoms with van der Waals surface area (Å²) < 4.78 is 5.45. The van der Waals surface area contributed by atoms with Gasteiger partial charge in [0.15, 0.2) is 0 Å². The summed E-state index contributed by atoms with van der Waals surface area (Å²) in [4.78, 5) is 40.1. The highest BCUT2D eigenvalue weighted by Gasteiger charge is 2.32. The van der Waals surface area contributed by atoms with Crippen LogP contribution in [0.4, 0.5) is 22.2 Å². The van der Waals surface area contributed by atoms with Crippen LogP contribution >= 0.6 is 0 Å². The minimum atomic E-state index is -1.07. The number of ether oxygens (including phenoxy) is 1. The topological polar surface area (TPSA) is 167 Å². The van der Waals surface area contributed by atoms with Gasteiger partial charge >= 0.3 is 6.09 Å². The average Bonchev–Trinajstić information content (AvgIpc) is 3.46. The van der Waals surface area contributed by atoms with Crippen LogP contribution in [-0.4, -0.2) is 107 Å². The second kappa shape index (κ2) is 13.5. The molecule has 2 amide bonds. The van der Waals surface area contributed by atoms with Crippen molar-refractivity contribution in [1.29, 1.82) is 5.26 Å². The highest BCUT2D eigenvalue weighted by molar-refractivity contribution is 6.09. The molecule has 5 rings (SSSR count). The zero-order chi connectivity index (χ0) is 30.3. The van der Waals surface area contributed by atoms with E-state index in [9.17, 15) is 25.1 Å². The minimum Gasteiger partial charge on any atom is -0.497 e. The highest BCUT2D eigenvalue weighted by atomic mass is 16.5. The van der Waals surface area contributed by atoms with Crippen LogP contribution in [0.15, 0.2) is 42.5 Å². The highest BCUT2D eigenvalue weighted by Crippen LogP contribution is 2.30. The van der Waals surface area contributed by atoms with E-state index >= 15 is 0 Å². The van der Waals surface area contributed by atoms with Gasteiger partial charge in [-0.2, -0.15) is 10.2 Å². The normalized spacial score (nSPS) is 18.8. The van der Waals surface area contributed by atoms with Gasteiger partial charge in [0.2, 0.25) is 5.95 Å². The third-order valence-corrected chi connectivity index (χ3v) is 8.03. The van der Waals surface area contributed by atoms with E-state index in [1.807, 2.05) is 35.2 Å². The van der Waals surface area contributed by atoms with E-state index in [1.165, 1.54) is 4.90 Å². The summed E-state index contributed by atoms with van der Waals surface area (Å²) >= 11 is 0. The Morgan fingerprint density at radius 2 is 1.98 bits per heavy atom. The predicted octanol–water partition coefficient (Wildman–Crippen LogP) is 2.84. The smallest absolute Gasteiger partial charge is 0.407 e. The van der Waals surface area contributed by atoms with Crippen molar-refractivity contribution in [1.82, 2.24) is 19.8 Å². The van der Waals surface area contributed by atoms with Gasteiger partial charge in [-0.05, 0) is 30.8 Å². The molecule has 43 heavy (non-hydrogen) atoms. The molecule has 0 bridgehead atoms. The fourth-order valence-electron chi connectivity index (χ4n) is 5.84. The molecular formula is C30H36N8O5. The summed E-state index contributed by atoms with van der Waals surface area (Å²) in [6, 6.07) is 14.7. The van der Waals surface area contributed by atoms with Crippen molar-refractivity contribution in [2.24, 2.45) is 0 Å². The molecule has 3 heterocycles. The summed E-state index contributed by atoms with van der Waals surface area (Å²) in [6.07, 6.45) is 0.969. The van der Waals surface area contributed by atoms with E-state index in [4.69, 9.17) is 9.72 Å². The molecule has 2 atom stereocenters. The number of hydrogen-bond acceptors (Lipinski definition) is 10. The van der Waals surface area contributed by atoms with Crippen LogP contribution in [0.3, 0.4) is 0 Å². The summed E-state index contributed by atoms with van der Waals surface area (Å²) in [5.41, 5.74) is 0.708. The van der Waals surface area contributed by atoms with Gasteiger partial charge in [0, 0.05) is 56.3 Å². The Kier molecular flexibility index (Phi) is 9.38. The zero-order valence-corrected chi connectivity index (χ0v) is 24.1. The van der Waals surface area contributed by atoms with Crippen LogP contribution in [0.1, 0.15) is 29.8 Å². The molecule has 0 unspecified atom stereocenters. The number of aromatic nitrogens is 2. The first-order chi connectivity index (χ1) is 20.9. The second-order valence-electron chi connectivity index (χ2n) is 10.7. The van der Waals surface area contributed by atoms with Crippen molar-refractivity contribution < 1.29 is 24.5 Å². The van der Waals surface area contributed by atoms with Crippen LogP contribution in [0.5, 0.6) is 5.75 Å². The summed E-state index contributed by atoms with van der Waals surface area (Å²) in [5.74, 6) is 0.894. The molecule has 2 aromatic carbocycles. The molecule has 0 spiro atoms. The number of benzene rings is 2. The zero-order valence-electron chi connectivity index (χ0n) is 24.1. The number of aliphatic hydroxyl groups excluding tert-OH is 1. The quantitative estimate of drug-likeness (QED) is 0.275. The Morgan fingerprint density at radius 1 is 1.14 bits per heavy atom. The van der Waals surface area contributed by atoms with Gasteiger partial charge in [0.1, 0.15) is 17.3 Å². The lowest BCUT2D eigenvalue weighted by Gasteiger charge is -2.39. The number of nitrogens with one attached hydrogen (secondary N) is 2.